The molecule has 1 saturated heterocycles. The lowest BCUT2D eigenvalue weighted by Gasteiger charge is -2.33. The molecule has 3 nitrogen and oxygen atoms in total. The average Bonchev–Trinajstić information content (AvgIpc) is 2.16. The average molecular weight is 215 g/mol. The first-order valence-corrected chi connectivity index (χ1v) is 5.37. The number of carbonyl (C=O) groups is 2. The lowest BCUT2D eigenvalue weighted by Crippen LogP contribution is -2.49. The van der Waals surface area contributed by atoms with Crippen LogP contribution in [-0.4, -0.2) is 35.3 Å². The predicted molar refractivity (Wildman–Crippen MR) is 55.2 cm³/mol. The van der Waals surface area contributed by atoms with Crippen LogP contribution < -0.4 is 0 Å². The highest BCUT2D eigenvalue weighted by atomic mass is 19.1. The fourth-order valence-corrected chi connectivity index (χ4v) is 1.83. The van der Waals surface area contributed by atoms with Crippen LogP contribution >= 0.6 is 0 Å². The normalized spacial score (nSPS) is 23.1. The van der Waals surface area contributed by atoms with Gasteiger partial charge in [0.1, 0.15) is 5.78 Å². The molecule has 1 atom stereocenters. The maximum absolute atomic E-state index is 13.4. The third-order valence-corrected chi connectivity index (χ3v) is 2.81. The van der Waals surface area contributed by atoms with Gasteiger partial charge >= 0.3 is 0 Å². The van der Waals surface area contributed by atoms with Crippen LogP contribution in [0.2, 0.25) is 0 Å². The molecule has 0 spiro atoms. The van der Waals surface area contributed by atoms with E-state index in [1.807, 2.05) is 6.92 Å². The zero-order valence-corrected chi connectivity index (χ0v) is 9.55. The highest BCUT2D eigenvalue weighted by Gasteiger charge is 2.36. The van der Waals surface area contributed by atoms with E-state index < -0.39 is 11.6 Å². The van der Waals surface area contributed by atoms with Crippen molar-refractivity contribution >= 4 is 11.7 Å². The van der Waals surface area contributed by atoms with E-state index in [0.717, 1.165) is 6.42 Å². The van der Waals surface area contributed by atoms with Crippen LogP contribution in [0.4, 0.5) is 4.39 Å². The van der Waals surface area contributed by atoms with Crippen LogP contribution in [0.3, 0.4) is 0 Å². The molecule has 1 unspecified atom stereocenters. The number of nitrogens with zero attached hydrogens (tertiary/aromatic N) is 1. The minimum absolute atomic E-state index is 0.106. The zero-order chi connectivity index (χ0) is 11.6. The first-order valence-electron chi connectivity index (χ1n) is 5.37. The summed E-state index contributed by atoms with van der Waals surface area (Å²) in [7, 11) is 0. The number of carbonyl (C=O) groups excluding carboxylic acids is 2. The van der Waals surface area contributed by atoms with Crippen molar-refractivity contribution in [2.75, 3.05) is 13.1 Å². The standard InChI is InChI=1S/C11H18FNO2/c1-4-8-7-13(6-5-9(8)14)10(15)11(2,3)12/h8H,4-7H2,1-3H3. The number of rotatable bonds is 2. The van der Waals surface area contributed by atoms with Gasteiger partial charge < -0.3 is 4.90 Å². The molecule has 0 aromatic heterocycles. The Kier molecular flexibility index (Phi) is 3.47. The molecule has 1 rings (SSSR count). The van der Waals surface area contributed by atoms with Gasteiger partial charge in [-0.05, 0) is 20.3 Å². The number of ketones is 1. The van der Waals surface area contributed by atoms with Gasteiger partial charge in [0.2, 0.25) is 0 Å². The van der Waals surface area contributed by atoms with Crippen molar-refractivity contribution in [2.45, 2.75) is 39.3 Å². The SMILES string of the molecule is CCC1CN(C(=O)C(C)(C)F)CCC1=O. The van der Waals surface area contributed by atoms with Gasteiger partial charge in [0, 0.05) is 25.4 Å². The molecule has 86 valence electrons. The highest BCUT2D eigenvalue weighted by Crippen LogP contribution is 2.20. The molecule has 0 N–H and O–H groups in total. The van der Waals surface area contributed by atoms with Crippen molar-refractivity contribution < 1.29 is 14.0 Å². The summed E-state index contributed by atoms with van der Waals surface area (Å²) >= 11 is 0. The van der Waals surface area contributed by atoms with E-state index in [9.17, 15) is 14.0 Å². The Balaban J connectivity index is 2.67. The summed E-state index contributed by atoms with van der Waals surface area (Å²) in [5.41, 5.74) is -1.83. The van der Waals surface area contributed by atoms with Crippen LogP contribution in [0, 0.1) is 5.92 Å². The first kappa shape index (κ1) is 12.1. The van der Waals surface area contributed by atoms with Crippen molar-refractivity contribution in [3.8, 4) is 0 Å². The second-order valence-corrected chi connectivity index (χ2v) is 4.55. The lowest BCUT2D eigenvalue weighted by molar-refractivity contribution is -0.146. The van der Waals surface area contributed by atoms with E-state index in [1.165, 1.54) is 18.7 Å². The van der Waals surface area contributed by atoms with E-state index in [2.05, 4.69) is 0 Å². The van der Waals surface area contributed by atoms with Crippen LogP contribution in [0.5, 0.6) is 0 Å². The van der Waals surface area contributed by atoms with E-state index >= 15 is 0 Å². The Hall–Kier alpha value is -0.930. The van der Waals surface area contributed by atoms with Crippen molar-refractivity contribution in [1.29, 1.82) is 0 Å². The number of amides is 1. The minimum atomic E-state index is -1.83. The highest BCUT2D eigenvalue weighted by molar-refractivity contribution is 5.88. The van der Waals surface area contributed by atoms with Crippen molar-refractivity contribution in [1.82, 2.24) is 4.90 Å². The number of piperidine rings is 1. The predicted octanol–water partition coefficient (Wildman–Crippen LogP) is 1.56. The minimum Gasteiger partial charge on any atom is -0.339 e. The van der Waals surface area contributed by atoms with E-state index in [-0.39, 0.29) is 11.7 Å². The summed E-state index contributed by atoms with van der Waals surface area (Å²) in [6.45, 7) is 5.17. The largest absolute Gasteiger partial charge is 0.339 e. The number of likely N-dealkylation sites (tertiary alicyclic amines) is 1. The number of halogens is 1. The van der Waals surface area contributed by atoms with E-state index in [0.29, 0.717) is 19.5 Å². The molecule has 1 aliphatic heterocycles. The molecule has 0 radical (unpaired) electrons. The summed E-state index contributed by atoms with van der Waals surface area (Å²) in [6.07, 6.45) is 1.08. The maximum Gasteiger partial charge on any atom is 0.259 e. The monoisotopic (exact) mass is 215 g/mol. The second kappa shape index (κ2) is 4.29. The molecule has 0 aromatic carbocycles. The molecule has 0 bridgehead atoms. The fraction of sp³-hybridized carbons (Fsp3) is 0.818. The fourth-order valence-electron chi connectivity index (χ4n) is 1.83. The van der Waals surface area contributed by atoms with Gasteiger partial charge in [0.05, 0.1) is 0 Å². The molecule has 4 heteroatoms. The zero-order valence-electron chi connectivity index (χ0n) is 9.55. The van der Waals surface area contributed by atoms with Crippen LogP contribution in [0.1, 0.15) is 33.6 Å². The van der Waals surface area contributed by atoms with Gasteiger partial charge in [-0.1, -0.05) is 6.92 Å². The van der Waals surface area contributed by atoms with E-state index in [4.69, 9.17) is 0 Å². The Morgan fingerprint density at radius 1 is 1.60 bits per heavy atom. The maximum atomic E-state index is 13.4. The topological polar surface area (TPSA) is 37.4 Å². The molecule has 1 heterocycles. The van der Waals surface area contributed by atoms with Gasteiger partial charge in [-0.25, -0.2) is 4.39 Å². The van der Waals surface area contributed by atoms with Gasteiger partial charge in [-0.15, -0.1) is 0 Å². The van der Waals surface area contributed by atoms with Gasteiger partial charge in [-0.2, -0.15) is 0 Å². The van der Waals surface area contributed by atoms with Crippen molar-refractivity contribution in [2.24, 2.45) is 5.92 Å². The molecule has 1 aliphatic rings. The van der Waals surface area contributed by atoms with Gasteiger partial charge in [-0.3, -0.25) is 9.59 Å². The second-order valence-electron chi connectivity index (χ2n) is 4.55. The summed E-state index contributed by atoms with van der Waals surface area (Å²) in [4.78, 5) is 24.5. The summed E-state index contributed by atoms with van der Waals surface area (Å²) in [5.74, 6) is -0.420. The molecule has 0 aromatic rings. The van der Waals surface area contributed by atoms with E-state index in [1.54, 1.807) is 0 Å². The third-order valence-electron chi connectivity index (χ3n) is 2.81. The van der Waals surface area contributed by atoms with Gasteiger partial charge in [0.15, 0.2) is 5.67 Å². The van der Waals surface area contributed by atoms with Crippen molar-refractivity contribution in [3.05, 3.63) is 0 Å². The van der Waals surface area contributed by atoms with Gasteiger partial charge in [0.25, 0.3) is 5.91 Å². The molecule has 0 saturated carbocycles. The molecule has 1 amide bonds. The molecular formula is C11H18FNO2. The molecule has 0 aliphatic carbocycles. The summed E-state index contributed by atoms with van der Waals surface area (Å²) in [5, 5.41) is 0. The Bertz CT molecular complexity index is 270. The number of alkyl halides is 1. The molecule has 15 heavy (non-hydrogen) atoms. The smallest absolute Gasteiger partial charge is 0.259 e. The third kappa shape index (κ3) is 2.76. The number of hydrogen-bond acceptors (Lipinski definition) is 2. The van der Waals surface area contributed by atoms with Crippen molar-refractivity contribution in [3.63, 3.8) is 0 Å². The van der Waals surface area contributed by atoms with Crippen LogP contribution in [0.15, 0.2) is 0 Å². The molecule has 1 fully saturated rings. The van der Waals surface area contributed by atoms with Crippen LogP contribution in [-0.2, 0) is 9.59 Å². The van der Waals surface area contributed by atoms with Crippen LogP contribution in [0.25, 0.3) is 0 Å². The Morgan fingerprint density at radius 2 is 2.20 bits per heavy atom. The Labute approximate surface area is 89.6 Å². The lowest BCUT2D eigenvalue weighted by atomic mass is 9.93. The Morgan fingerprint density at radius 3 is 2.67 bits per heavy atom. The first-order chi connectivity index (χ1) is 6.86. The quantitative estimate of drug-likeness (QED) is 0.701. The number of Topliss-reactive ketones (excluding diaryl/α,β-unsaturated/α-hetero) is 1. The molecular weight excluding hydrogens is 197 g/mol. The summed E-state index contributed by atoms with van der Waals surface area (Å²) < 4.78 is 13.4. The number of hydrogen-bond donors (Lipinski definition) is 0. The summed E-state index contributed by atoms with van der Waals surface area (Å²) in [6, 6.07) is 0.